The van der Waals surface area contributed by atoms with Crippen LogP contribution in [0.3, 0.4) is 0 Å². The molecular weight excluding hydrogens is 188 g/mol. The van der Waals surface area contributed by atoms with Crippen molar-refractivity contribution in [1.82, 2.24) is 14.6 Å². The van der Waals surface area contributed by atoms with Crippen LogP contribution in [0.15, 0.2) is 10.9 Å². The molecule has 0 unspecified atom stereocenters. The van der Waals surface area contributed by atoms with Crippen LogP contribution in [0, 0.1) is 6.92 Å². The van der Waals surface area contributed by atoms with Gasteiger partial charge in [0, 0.05) is 12.6 Å². The summed E-state index contributed by atoms with van der Waals surface area (Å²) in [5, 5.41) is 4.83. The average Bonchev–Trinajstić information content (AvgIpc) is 2.46. The molecule has 0 aromatic carbocycles. The van der Waals surface area contributed by atoms with Gasteiger partial charge in [0.25, 0.3) is 5.56 Å². The largest absolute Gasteiger partial charge is 0.325 e. The van der Waals surface area contributed by atoms with Crippen molar-refractivity contribution in [3.63, 3.8) is 0 Å². The molecule has 2 aromatic heterocycles. The molecule has 0 spiro atoms. The highest BCUT2D eigenvalue weighted by Crippen LogP contribution is 2.08. The van der Waals surface area contributed by atoms with Crippen molar-refractivity contribution in [3.05, 3.63) is 27.1 Å². The van der Waals surface area contributed by atoms with E-state index >= 15 is 0 Å². The quantitative estimate of drug-likeness (QED) is 0.692. The molecule has 0 bridgehead atoms. The summed E-state index contributed by atoms with van der Waals surface area (Å²) in [6.45, 7) is 2.11. The molecule has 0 fully saturated rings. The molecule has 6 heteroatoms. The first-order chi connectivity index (χ1) is 6.20. The van der Waals surface area contributed by atoms with Crippen LogP contribution in [-0.2, 0) is 6.54 Å². The van der Waals surface area contributed by atoms with Gasteiger partial charge in [0.2, 0.25) is 4.96 Å². The molecule has 0 radical (unpaired) electrons. The number of nitrogens with zero attached hydrogens (tertiary/aromatic N) is 3. The average molecular weight is 196 g/mol. The molecule has 13 heavy (non-hydrogen) atoms. The minimum Gasteiger partial charge on any atom is -0.325 e. The molecule has 5 nitrogen and oxygen atoms in total. The molecule has 0 aliphatic carbocycles. The van der Waals surface area contributed by atoms with E-state index in [0.717, 1.165) is 5.01 Å². The molecular formula is C7H8N4OS. The smallest absolute Gasteiger partial charge is 0.275 e. The van der Waals surface area contributed by atoms with E-state index in [9.17, 15) is 4.79 Å². The highest BCUT2D eigenvalue weighted by atomic mass is 32.1. The minimum atomic E-state index is -0.171. The zero-order chi connectivity index (χ0) is 9.42. The van der Waals surface area contributed by atoms with Crippen molar-refractivity contribution in [2.24, 2.45) is 5.73 Å². The molecule has 0 saturated carbocycles. The number of fused-ring (bicyclic) bond motifs is 1. The summed E-state index contributed by atoms with van der Waals surface area (Å²) >= 11 is 1.38. The number of hydrogen-bond donors (Lipinski definition) is 1. The van der Waals surface area contributed by atoms with Crippen LogP contribution >= 0.6 is 11.3 Å². The Balaban J connectivity index is 2.83. The lowest BCUT2D eigenvalue weighted by Gasteiger charge is -1.93. The molecule has 2 heterocycles. The predicted molar refractivity (Wildman–Crippen MR) is 49.8 cm³/mol. The zero-order valence-electron chi connectivity index (χ0n) is 7.02. The molecule has 0 aliphatic heterocycles. The molecule has 0 amide bonds. The van der Waals surface area contributed by atoms with E-state index < -0.39 is 0 Å². The third-order valence-electron chi connectivity index (χ3n) is 1.61. The van der Waals surface area contributed by atoms with Crippen LogP contribution in [0.5, 0.6) is 0 Å². The summed E-state index contributed by atoms with van der Waals surface area (Å²) in [7, 11) is 0. The molecule has 0 atom stereocenters. The second-order valence-electron chi connectivity index (χ2n) is 2.61. The van der Waals surface area contributed by atoms with Crippen LogP contribution in [0.4, 0.5) is 0 Å². The molecule has 2 N–H and O–H groups in total. The van der Waals surface area contributed by atoms with Crippen molar-refractivity contribution in [3.8, 4) is 0 Å². The van der Waals surface area contributed by atoms with Crippen molar-refractivity contribution in [1.29, 1.82) is 0 Å². The Morgan fingerprint density at radius 3 is 3.15 bits per heavy atom. The first kappa shape index (κ1) is 8.33. The Hall–Kier alpha value is -1.27. The second-order valence-corrected chi connectivity index (χ2v) is 3.77. The summed E-state index contributed by atoms with van der Waals surface area (Å²) in [5.74, 6) is 0. The van der Waals surface area contributed by atoms with Crippen LogP contribution in [-0.4, -0.2) is 14.6 Å². The van der Waals surface area contributed by atoms with Crippen LogP contribution in [0.2, 0.25) is 0 Å². The summed E-state index contributed by atoms with van der Waals surface area (Å²) in [5.41, 5.74) is 5.82. The van der Waals surface area contributed by atoms with Gasteiger partial charge >= 0.3 is 0 Å². The molecule has 2 aromatic rings. The fourth-order valence-corrected chi connectivity index (χ4v) is 1.82. The molecule has 68 valence electrons. The Kier molecular flexibility index (Phi) is 1.86. The van der Waals surface area contributed by atoms with Gasteiger partial charge in [-0.05, 0) is 6.92 Å². The summed E-state index contributed by atoms with van der Waals surface area (Å²) in [6, 6.07) is 1.41. The zero-order valence-corrected chi connectivity index (χ0v) is 7.84. The number of nitrogens with two attached hydrogens (primary N) is 1. The summed E-state index contributed by atoms with van der Waals surface area (Å²) < 4.78 is 1.29. The second kappa shape index (κ2) is 2.90. The monoisotopic (exact) mass is 196 g/mol. The number of rotatable bonds is 1. The van der Waals surface area contributed by atoms with Crippen molar-refractivity contribution < 1.29 is 0 Å². The van der Waals surface area contributed by atoms with Crippen LogP contribution < -0.4 is 11.3 Å². The van der Waals surface area contributed by atoms with Gasteiger partial charge < -0.3 is 5.73 Å². The maximum Gasteiger partial charge on any atom is 0.275 e. The first-order valence-corrected chi connectivity index (χ1v) is 4.59. The van der Waals surface area contributed by atoms with Gasteiger partial charge in [-0.15, -0.1) is 0 Å². The van der Waals surface area contributed by atoms with E-state index in [4.69, 9.17) is 5.73 Å². The van der Waals surface area contributed by atoms with Crippen molar-refractivity contribution in [2.45, 2.75) is 13.5 Å². The Morgan fingerprint density at radius 2 is 2.46 bits per heavy atom. The van der Waals surface area contributed by atoms with E-state index in [-0.39, 0.29) is 12.1 Å². The number of aryl methyl sites for hydroxylation is 1. The summed E-state index contributed by atoms with van der Waals surface area (Å²) in [6.07, 6.45) is 0. The van der Waals surface area contributed by atoms with E-state index in [2.05, 4.69) is 10.1 Å². The topological polar surface area (TPSA) is 73.3 Å². The van der Waals surface area contributed by atoms with Gasteiger partial charge in [-0.1, -0.05) is 11.3 Å². The fraction of sp³-hybridized carbons (Fsp3) is 0.286. The minimum absolute atomic E-state index is 0.171. The predicted octanol–water partition coefficient (Wildman–Crippen LogP) is -0.0819. The number of hydrogen-bond acceptors (Lipinski definition) is 5. The molecule has 2 rings (SSSR count). The third-order valence-corrected chi connectivity index (χ3v) is 2.43. The van der Waals surface area contributed by atoms with E-state index in [1.807, 2.05) is 6.92 Å². The standard InChI is InChI=1S/C7H8N4OS/c1-4-10-11-6(12)2-5(3-8)9-7(11)13-4/h2H,3,8H2,1H3. The van der Waals surface area contributed by atoms with E-state index in [1.165, 1.54) is 21.9 Å². The van der Waals surface area contributed by atoms with Gasteiger partial charge in [0.05, 0.1) is 5.69 Å². The van der Waals surface area contributed by atoms with Gasteiger partial charge in [0.15, 0.2) is 0 Å². The van der Waals surface area contributed by atoms with E-state index in [1.54, 1.807) is 0 Å². The Morgan fingerprint density at radius 1 is 1.69 bits per heavy atom. The lowest BCUT2D eigenvalue weighted by molar-refractivity contribution is 0.857. The van der Waals surface area contributed by atoms with Gasteiger partial charge in [-0.2, -0.15) is 9.61 Å². The van der Waals surface area contributed by atoms with Crippen molar-refractivity contribution >= 4 is 16.3 Å². The normalized spacial score (nSPS) is 10.9. The lowest BCUT2D eigenvalue weighted by Crippen LogP contribution is -2.16. The molecule has 0 aliphatic rings. The fourth-order valence-electron chi connectivity index (χ4n) is 1.06. The van der Waals surface area contributed by atoms with Crippen LogP contribution in [0.25, 0.3) is 4.96 Å². The Labute approximate surface area is 77.8 Å². The highest BCUT2D eigenvalue weighted by Gasteiger charge is 2.04. The Bertz CT molecular complexity index is 501. The first-order valence-electron chi connectivity index (χ1n) is 3.77. The van der Waals surface area contributed by atoms with Crippen molar-refractivity contribution in [2.75, 3.05) is 0 Å². The van der Waals surface area contributed by atoms with Gasteiger partial charge in [-0.3, -0.25) is 4.79 Å². The maximum absolute atomic E-state index is 11.4. The molecule has 0 saturated heterocycles. The lowest BCUT2D eigenvalue weighted by atomic mass is 10.4. The highest BCUT2D eigenvalue weighted by molar-refractivity contribution is 7.16. The summed E-state index contributed by atoms with van der Waals surface area (Å²) in [4.78, 5) is 16.2. The third kappa shape index (κ3) is 1.34. The maximum atomic E-state index is 11.4. The number of aromatic nitrogens is 3. The van der Waals surface area contributed by atoms with Gasteiger partial charge in [-0.25, -0.2) is 4.98 Å². The van der Waals surface area contributed by atoms with Crippen LogP contribution in [0.1, 0.15) is 10.7 Å². The van der Waals surface area contributed by atoms with E-state index in [0.29, 0.717) is 10.7 Å². The SMILES string of the molecule is Cc1nn2c(=O)cc(CN)nc2s1. The van der Waals surface area contributed by atoms with Gasteiger partial charge in [0.1, 0.15) is 5.01 Å².